The molecule has 2 aromatic rings. The topological polar surface area (TPSA) is 42.7 Å². The monoisotopic (exact) mass is 270 g/mol. The molecule has 0 bridgehead atoms. The Morgan fingerprint density at radius 2 is 2.05 bits per heavy atom. The summed E-state index contributed by atoms with van der Waals surface area (Å²) in [7, 11) is 1.75. The van der Waals surface area contributed by atoms with Crippen LogP contribution in [0.1, 0.15) is 16.8 Å². The molecule has 0 aliphatic rings. The molecule has 7 heteroatoms. The highest BCUT2D eigenvalue weighted by atomic mass is 19.4. The van der Waals surface area contributed by atoms with E-state index in [0.29, 0.717) is 23.5 Å². The lowest BCUT2D eigenvalue weighted by Crippen LogP contribution is -2.13. The van der Waals surface area contributed by atoms with Gasteiger partial charge < -0.3 is 5.32 Å². The summed E-state index contributed by atoms with van der Waals surface area (Å²) in [5.41, 5.74) is 1.09. The van der Waals surface area contributed by atoms with Crippen LogP contribution >= 0.6 is 0 Å². The number of nitrogens with one attached hydrogen (secondary N) is 1. The van der Waals surface area contributed by atoms with E-state index in [0.717, 1.165) is 12.1 Å². The van der Waals surface area contributed by atoms with Crippen LogP contribution in [0.2, 0.25) is 0 Å². The summed E-state index contributed by atoms with van der Waals surface area (Å²) in [5, 5.41) is 10.5. The first kappa shape index (κ1) is 13.5. The predicted molar refractivity (Wildman–Crippen MR) is 63.9 cm³/mol. The number of benzene rings is 1. The number of hydrogen-bond acceptors (Lipinski definition) is 3. The van der Waals surface area contributed by atoms with Crippen molar-refractivity contribution in [2.75, 3.05) is 7.05 Å². The molecule has 0 fully saturated rings. The standard InChI is InChI=1S/C12H13F3N4/c1-8-3-4-9(12(13,14)15)5-11(8)19-10(6-16-2)7-17-18-19/h3-5,7,16H,6H2,1-2H3. The maximum atomic E-state index is 12.7. The highest BCUT2D eigenvalue weighted by molar-refractivity contribution is 5.44. The van der Waals surface area contributed by atoms with Crippen LogP contribution in [0, 0.1) is 6.92 Å². The number of nitrogens with zero attached hydrogens (tertiary/aromatic N) is 3. The van der Waals surface area contributed by atoms with Crippen LogP contribution in [0.5, 0.6) is 0 Å². The Labute approximate surface area is 108 Å². The number of alkyl halides is 3. The summed E-state index contributed by atoms with van der Waals surface area (Å²) in [6.45, 7) is 2.21. The minimum atomic E-state index is -4.37. The van der Waals surface area contributed by atoms with Gasteiger partial charge in [0.15, 0.2) is 0 Å². The molecule has 4 nitrogen and oxygen atoms in total. The summed E-state index contributed by atoms with van der Waals surface area (Å²) in [4.78, 5) is 0. The van der Waals surface area contributed by atoms with Gasteiger partial charge in [0.25, 0.3) is 0 Å². The van der Waals surface area contributed by atoms with Crippen molar-refractivity contribution in [3.63, 3.8) is 0 Å². The molecule has 1 aromatic carbocycles. The van der Waals surface area contributed by atoms with Gasteiger partial charge in [-0.3, -0.25) is 0 Å². The summed E-state index contributed by atoms with van der Waals surface area (Å²) in [5.74, 6) is 0. The minimum Gasteiger partial charge on any atom is -0.314 e. The number of hydrogen-bond donors (Lipinski definition) is 1. The lowest BCUT2D eigenvalue weighted by molar-refractivity contribution is -0.137. The zero-order valence-electron chi connectivity index (χ0n) is 10.5. The molecule has 0 saturated carbocycles. The van der Waals surface area contributed by atoms with Gasteiger partial charge in [-0.2, -0.15) is 13.2 Å². The Bertz CT molecular complexity index is 575. The van der Waals surface area contributed by atoms with E-state index in [4.69, 9.17) is 0 Å². The van der Waals surface area contributed by atoms with Crippen LogP contribution in [-0.4, -0.2) is 22.0 Å². The van der Waals surface area contributed by atoms with E-state index in [2.05, 4.69) is 15.6 Å². The molecule has 0 radical (unpaired) electrons. The lowest BCUT2D eigenvalue weighted by atomic mass is 10.1. The minimum absolute atomic E-state index is 0.387. The first-order valence-corrected chi connectivity index (χ1v) is 5.66. The highest BCUT2D eigenvalue weighted by Crippen LogP contribution is 2.31. The van der Waals surface area contributed by atoms with Crippen molar-refractivity contribution < 1.29 is 13.2 Å². The van der Waals surface area contributed by atoms with E-state index in [1.807, 2.05) is 0 Å². The molecule has 0 aliphatic heterocycles. The van der Waals surface area contributed by atoms with Crippen LogP contribution in [0.25, 0.3) is 5.69 Å². The molecule has 0 amide bonds. The Morgan fingerprint density at radius 1 is 1.32 bits per heavy atom. The van der Waals surface area contributed by atoms with Crippen molar-refractivity contribution in [1.29, 1.82) is 0 Å². The van der Waals surface area contributed by atoms with Crippen molar-refractivity contribution in [2.24, 2.45) is 0 Å². The largest absolute Gasteiger partial charge is 0.416 e. The fourth-order valence-corrected chi connectivity index (χ4v) is 1.77. The Morgan fingerprint density at radius 3 is 2.68 bits per heavy atom. The Balaban J connectivity index is 2.52. The van der Waals surface area contributed by atoms with E-state index in [9.17, 15) is 13.2 Å². The third-order valence-electron chi connectivity index (χ3n) is 2.74. The maximum absolute atomic E-state index is 12.7. The lowest BCUT2D eigenvalue weighted by Gasteiger charge is -2.12. The third kappa shape index (κ3) is 2.76. The highest BCUT2D eigenvalue weighted by Gasteiger charge is 2.31. The van der Waals surface area contributed by atoms with E-state index in [1.54, 1.807) is 14.0 Å². The van der Waals surface area contributed by atoms with Crippen molar-refractivity contribution in [3.8, 4) is 5.69 Å². The molecule has 0 unspecified atom stereocenters. The second kappa shape index (κ2) is 5.00. The zero-order chi connectivity index (χ0) is 14.0. The summed E-state index contributed by atoms with van der Waals surface area (Å²) < 4.78 is 39.6. The average Bonchev–Trinajstić information content (AvgIpc) is 2.77. The molecule has 19 heavy (non-hydrogen) atoms. The van der Waals surface area contributed by atoms with E-state index in [1.165, 1.54) is 16.9 Å². The molecule has 102 valence electrons. The molecule has 0 spiro atoms. The first-order valence-electron chi connectivity index (χ1n) is 5.66. The van der Waals surface area contributed by atoms with Gasteiger partial charge in [-0.15, -0.1) is 5.10 Å². The fraction of sp³-hybridized carbons (Fsp3) is 0.333. The van der Waals surface area contributed by atoms with E-state index in [-0.39, 0.29) is 0 Å². The number of halogens is 3. The molecule has 0 aliphatic carbocycles. The summed E-state index contributed by atoms with van der Waals surface area (Å²) >= 11 is 0. The van der Waals surface area contributed by atoms with Gasteiger partial charge in [0.1, 0.15) is 0 Å². The van der Waals surface area contributed by atoms with Gasteiger partial charge in [-0.25, -0.2) is 4.68 Å². The van der Waals surface area contributed by atoms with Crippen LogP contribution in [-0.2, 0) is 12.7 Å². The van der Waals surface area contributed by atoms with Crippen LogP contribution < -0.4 is 5.32 Å². The van der Waals surface area contributed by atoms with Crippen molar-refractivity contribution in [1.82, 2.24) is 20.3 Å². The Kier molecular flexibility index (Phi) is 3.57. The van der Waals surface area contributed by atoms with Gasteiger partial charge in [0.2, 0.25) is 0 Å². The molecular formula is C12H13F3N4. The first-order chi connectivity index (χ1) is 8.93. The van der Waals surface area contributed by atoms with E-state index < -0.39 is 11.7 Å². The Hall–Kier alpha value is -1.89. The second-order valence-corrected chi connectivity index (χ2v) is 4.17. The molecule has 0 atom stereocenters. The van der Waals surface area contributed by atoms with Crippen LogP contribution in [0.4, 0.5) is 13.2 Å². The van der Waals surface area contributed by atoms with Crippen molar-refractivity contribution in [3.05, 3.63) is 41.2 Å². The molecule has 1 N–H and O–H groups in total. The fourth-order valence-electron chi connectivity index (χ4n) is 1.77. The summed E-state index contributed by atoms with van der Waals surface area (Å²) in [6, 6.07) is 3.58. The normalized spacial score (nSPS) is 11.8. The number of rotatable bonds is 3. The van der Waals surface area contributed by atoms with Crippen LogP contribution in [0.15, 0.2) is 24.4 Å². The van der Waals surface area contributed by atoms with Gasteiger partial charge >= 0.3 is 6.18 Å². The SMILES string of the molecule is CNCc1cnnn1-c1cc(C(F)(F)F)ccc1C. The molecule has 1 aromatic heterocycles. The quantitative estimate of drug-likeness (QED) is 0.930. The smallest absolute Gasteiger partial charge is 0.314 e. The van der Waals surface area contributed by atoms with Gasteiger partial charge in [-0.1, -0.05) is 11.3 Å². The van der Waals surface area contributed by atoms with Crippen LogP contribution in [0.3, 0.4) is 0 Å². The average molecular weight is 270 g/mol. The molecular weight excluding hydrogens is 257 g/mol. The molecule has 1 heterocycles. The summed E-state index contributed by atoms with van der Waals surface area (Å²) in [6.07, 6.45) is -2.84. The predicted octanol–water partition coefficient (Wildman–Crippen LogP) is 2.31. The number of aromatic nitrogens is 3. The van der Waals surface area contributed by atoms with Crippen molar-refractivity contribution in [2.45, 2.75) is 19.6 Å². The zero-order valence-corrected chi connectivity index (χ0v) is 10.5. The number of aryl methyl sites for hydroxylation is 1. The third-order valence-corrected chi connectivity index (χ3v) is 2.74. The molecule has 0 saturated heterocycles. The molecule has 2 rings (SSSR count). The van der Waals surface area contributed by atoms with E-state index >= 15 is 0 Å². The van der Waals surface area contributed by atoms with Gasteiger partial charge in [0.05, 0.1) is 23.1 Å². The second-order valence-electron chi connectivity index (χ2n) is 4.17. The van der Waals surface area contributed by atoms with Gasteiger partial charge in [0, 0.05) is 6.54 Å². The van der Waals surface area contributed by atoms with Crippen molar-refractivity contribution >= 4 is 0 Å². The maximum Gasteiger partial charge on any atom is 0.416 e. The van der Waals surface area contributed by atoms with Gasteiger partial charge in [-0.05, 0) is 31.7 Å².